The van der Waals surface area contributed by atoms with Crippen molar-refractivity contribution in [2.75, 3.05) is 5.32 Å². The fourth-order valence-corrected chi connectivity index (χ4v) is 5.60. The fourth-order valence-electron chi connectivity index (χ4n) is 5.43. The zero-order valence-electron chi connectivity index (χ0n) is 24.2. The van der Waals surface area contributed by atoms with Crippen LogP contribution in [-0.4, -0.2) is 35.4 Å². The Kier molecular flexibility index (Phi) is 8.14. The maximum atomic E-state index is 13.7. The minimum atomic E-state index is -4.69. The van der Waals surface area contributed by atoms with Gasteiger partial charge in [0.25, 0.3) is 5.56 Å². The van der Waals surface area contributed by atoms with Crippen molar-refractivity contribution in [3.05, 3.63) is 106 Å². The van der Waals surface area contributed by atoms with Crippen molar-refractivity contribution < 1.29 is 18.0 Å². The van der Waals surface area contributed by atoms with Gasteiger partial charge < -0.3 is 5.32 Å². The van der Waals surface area contributed by atoms with Crippen LogP contribution in [0, 0.1) is 17.2 Å². The number of alkyl halides is 3. The maximum absolute atomic E-state index is 13.7. The number of aromatic nitrogens is 6. The largest absolute Gasteiger partial charge is 0.436 e. The number of hydrogen-bond donors (Lipinski definition) is 1. The summed E-state index contributed by atoms with van der Waals surface area (Å²) in [5.74, 6) is -0.563. The molecule has 2 bridgehead atoms. The van der Waals surface area contributed by atoms with Crippen molar-refractivity contribution in [3.63, 3.8) is 0 Å². The average Bonchev–Trinajstić information content (AvgIpc) is 3.54. The first kappa shape index (κ1) is 30.7. The van der Waals surface area contributed by atoms with Crippen molar-refractivity contribution in [2.45, 2.75) is 38.4 Å². The lowest BCUT2D eigenvalue weighted by molar-refractivity contribution is -0.141. The number of hydrogen-bond acceptors (Lipinski definition) is 7. The Morgan fingerprint density at radius 3 is 2.63 bits per heavy atom. The monoisotopic (exact) mass is 644 g/mol. The number of carbonyl (C=O) groups excluding carboxylic acids is 1. The number of halogens is 4. The Morgan fingerprint density at radius 2 is 1.89 bits per heavy atom. The summed E-state index contributed by atoms with van der Waals surface area (Å²) >= 11 is 6.24. The van der Waals surface area contributed by atoms with Gasteiger partial charge >= 0.3 is 6.18 Å². The Hall–Kier alpha value is -5.35. The first-order valence-electron chi connectivity index (χ1n) is 14.2. The van der Waals surface area contributed by atoms with Crippen LogP contribution < -0.4 is 10.9 Å². The standard InChI is InChI=1S/C32H24ClF3N8O2/c1-18-4-2-7-26(20-5-3-6-21(11-20)30-25(40-31(18)46)10-19(14-37)15-38-30)43-17-39-24(13-29(43)45)23-12-22(33)8-9-27(23)44-16-28(41-42-44)32(34,35)36/h3,5-6,8-13,15-18,26H,2,4,7H2,1H3,(H,40,46). The number of amides is 1. The van der Waals surface area contributed by atoms with Gasteiger partial charge in [-0.1, -0.05) is 48.4 Å². The Morgan fingerprint density at radius 1 is 1.07 bits per heavy atom. The number of anilines is 1. The summed E-state index contributed by atoms with van der Waals surface area (Å²) in [5.41, 5.74) is 1.78. The van der Waals surface area contributed by atoms with E-state index >= 15 is 0 Å². The lowest BCUT2D eigenvalue weighted by Crippen LogP contribution is -2.26. The van der Waals surface area contributed by atoms with E-state index in [0.29, 0.717) is 41.8 Å². The molecule has 1 amide bonds. The van der Waals surface area contributed by atoms with Crippen LogP contribution in [0.5, 0.6) is 0 Å². The van der Waals surface area contributed by atoms with E-state index in [-0.39, 0.29) is 33.8 Å². The molecule has 1 aliphatic heterocycles. The third kappa shape index (κ3) is 6.12. The molecule has 46 heavy (non-hydrogen) atoms. The van der Waals surface area contributed by atoms with Gasteiger partial charge in [0.2, 0.25) is 5.91 Å². The van der Waals surface area contributed by atoms with Crippen molar-refractivity contribution in [2.24, 2.45) is 5.92 Å². The molecule has 0 saturated heterocycles. The molecular formula is C32H24ClF3N8O2. The number of carbonyl (C=O) groups is 1. The van der Waals surface area contributed by atoms with Crippen LogP contribution in [0.25, 0.3) is 28.2 Å². The molecule has 3 aromatic heterocycles. The third-order valence-electron chi connectivity index (χ3n) is 7.82. The first-order chi connectivity index (χ1) is 22.0. The lowest BCUT2D eigenvalue weighted by atomic mass is 9.93. The number of benzene rings is 2. The van der Waals surface area contributed by atoms with Gasteiger partial charge in [-0.2, -0.15) is 18.4 Å². The van der Waals surface area contributed by atoms with E-state index in [1.807, 2.05) is 31.2 Å². The quantitative estimate of drug-likeness (QED) is 0.239. The molecule has 5 aromatic rings. The van der Waals surface area contributed by atoms with E-state index in [0.717, 1.165) is 16.4 Å². The van der Waals surface area contributed by atoms with Crippen molar-refractivity contribution >= 4 is 23.2 Å². The molecule has 6 rings (SSSR count). The summed E-state index contributed by atoms with van der Waals surface area (Å²) in [5, 5.41) is 19.5. The van der Waals surface area contributed by atoms with Crippen LogP contribution in [-0.2, 0) is 11.0 Å². The molecule has 14 heteroatoms. The molecule has 4 heterocycles. The molecule has 1 aliphatic rings. The summed E-state index contributed by atoms with van der Waals surface area (Å²) < 4.78 is 42.1. The molecule has 0 saturated carbocycles. The van der Waals surface area contributed by atoms with E-state index in [1.165, 1.54) is 41.4 Å². The van der Waals surface area contributed by atoms with Gasteiger partial charge in [0.15, 0.2) is 5.69 Å². The Bertz CT molecular complexity index is 2070. The summed E-state index contributed by atoms with van der Waals surface area (Å²) in [4.78, 5) is 35.8. The highest BCUT2D eigenvalue weighted by molar-refractivity contribution is 6.31. The molecule has 0 radical (unpaired) electrons. The van der Waals surface area contributed by atoms with Crippen LogP contribution >= 0.6 is 11.6 Å². The van der Waals surface area contributed by atoms with Gasteiger partial charge in [-0.25, -0.2) is 9.67 Å². The number of pyridine rings is 1. The van der Waals surface area contributed by atoms with Gasteiger partial charge in [0.1, 0.15) is 6.07 Å². The van der Waals surface area contributed by atoms with Gasteiger partial charge in [0.05, 0.1) is 46.9 Å². The Balaban J connectivity index is 1.42. The van der Waals surface area contributed by atoms with E-state index < -0.39 is 23.5 Å². The number of nitrogens with one attached hydrogen (secondary N) is 1. The van der Waals surface area contributed by atoms with E-state index in [4.69, 9.17) is 11.6 Å². The molecule has 0 fully saturated rings. The summed E-state index contributed by atoms with van der Waals surface area (Å²) in [6.07, 6.45) is 0.548. The molecule has 232 valence electrons. The predicted octanol–water partition coefficient (Wildman–Crippen LogP) is 6.44. The minimum absolute atomic E-state index is 0.182. The van der Waals surface area contributed by atoms with Gasteiger partial charge in [-0.05, 0) is 48.7 Å². The molecule has 10 nitrogen and oxygen atoms in total. The van der Waals surface area contributed by atoms with Gasteiger partial charge in [-0.3, -0.25) is 19.1 Å². The van der Waals surface area contributed by atoms with Crippen molar-refractivity contribution in [1.29, 1.82) is 5.26 Å². The van der Waals surface area contributed by atoms with Crippen molar-refractivity contribution in [3.8, 4) is 34.3 Å². The van der Waals surface area contributed by atoms with E-state index in [2.05, 4.69) is 31.7 Å². The molecule has 0 spiro atoms. The van der Waals surface area contributed by atoms with Gasteiger partial charge in [0, 0.05) is 34.3 Å². The highest BCUT2D eigenvalue weighted by Gasteiger charge is 2.35. The number of nitriles is 1. The van der Waals surface area contributed by atoms with Gasteiger partial charge in [-0.15, -0.1) is 5.10 Å². The van der Waals surface area contributed by atoms with Crippen LogP contribution in [0.3, 0.4) is 0 Å². The Labute approximate surface area is 265 Å². The topological polar surface area (TPSA) is 131 Å². The molecular weight excluding hydrogens is 621 g/mol. The van der Waals surface area contributed by atoms with Crippen molar-refractivity contribution in [1.82, 2.24) is 29.5 Å². The second-order valence-electron chi connectivity index (χ2n) is 10.9. The summed E-state index contributed by atoms with van der Waals surface area (Å²) in [7, 11) is 0. The molecule has 2 unspecified atom stereocenters. The first-order valence-corrected chi connectivity index (χ1v) is 14.6. The van der Waals surface area contributed by atoms with Crippen LogP contribution in [0.2, 0.25) is 5.02 Å². The number of nitrogens with zero attached hydrogens (tertiary/aromatic N) is 7. The summed E-state index contributed by atoms with van der Waals surface area (Å²) in [6.45, 7) is 1.81. The predicted molar refractivity (Wildman–Crippen MR) is 163 cm³/mol. The van der Waals surface area contributed by atoms with Crippen LogP contribution in [0.15, 0.2) is 78.1 Å². The molecule has 1 N–H and O–H groups in total. The SMILES string of the molecule is CC1CCCC(n2cnc(-c3cc(Cl)ccc3-n3cc(C(F)(F)F)nn3)cc2=O)c2cccc(c2)-c2ncc(C#N)cc2NC1=O. The fraction of sp³-hybridized carbons (Fsp3) is 0.219. The second-order valence-corrected chi connectivity index (χ2v) is 11.4. The smallest absolute Gasteiger partial charge is 0.324 e. The van der Waals surface area contributed by atoms with E-state index in [9.17, 15) is 28.0 Å². The minimum Gasteiger partial charge on any atom is -0.324 e. The highest BCUT2D eigenvalue weighted by Crippen LogP contribution is 2.34. The average molecular weight is 645 g/mol. The zero-order chi connectivity index (χ0) is 32.6. The molecule has 0 aliphatic carbocycles. The molecule has 2 aromatic carbocycles. The van der Waals surface area contributed by atoms with E-state index in [1.54, 1.807) is 6.07 Å². The van der Waals surface area contributed by atoms with Crippen LogP contribution in [0.1, 0.15) is 49.0 Å². The highest BCUT2D eigenvalue weighted by atomic mass is 35.5. The third-order valence-corrected chi connectivity index (χ3v) is 8.05. The number of fused-ring (bicyclic) bond motifs is 4. The summed E-state index contributed by atoms with van der Waals surface area (Å²) in [6, 6.07) is 16.4. The zero-order valence-corrected chi connectivity index (χ0v) is 24.9. The normalized spacial score (nSPS) is 16.8. The number of rotatable bonds is 3. The van der Waals surface area contributed by atoms with Crippen LogP contribution in [0.4, 0.5) is 18.9 Å². The lowest BCUT2D eigenvalue weighted by Gasteiger charge is -2.23. The molecule has 2 atom stereocenters. The maximum Gasteiger partial charge on any atom is 0.436 e. The second kappa shape index (κ2) is 12.2.